The van der Waals surface area contributed by atoms with Gasteiger partial charge in [-0.1, -0.05) is 43.3 Å². The fourth-order valence-electron chi connectivity index (χ4n) is 4.02. The van der Waals surface area contributed by atoms with Gasteiger partial charge in [-0.2, -0.15) is 0 Å². The molecule has 0 aliphatic carbocycles. The van der Waals surface area contributed by atoms with Crippen molar-refractivity contribution in [1.82, 2.24) is 20.7 Å². The highest BCUT2D eigenvalue weighted by molar-refractivity contribution is 5.80. The van der Waals surface area contributed by atoms with E-state index in [-0.39, 0.29) is 5.91 Å². The molecule has 1 aromatic carbocycles. The Morgan fingerprint density at radius 2 is 2.00 bits per heavy atom. The van der Waals surface area contributed by atoms with E-state index in [1.807, 2.05) is 17.0 Å². The minimum Gasteiger partial charge on any atom is -0.359 e. The minimum atomic E-state index is 0.217. The Morgan fingerprint density at radius 3 is 2.74 bits per heavy atom. The van der Waals surface area contributed by atoms with Crippen molar-refractivity contribution in [3.8, 4) is 0 Å². The van der Waals surface area contributed by atoms with Crippen molar-refractivity contribution in [1.29, 1.82) is 0 Å². The zero-order chi connectivity index (χ0) is 22.1. The summed E-state index contributed by atoms with van der Waals surface area (Å²) in [7, 11) is 1.74. The lowest BCUT2D eigenvalue weighted by Gasteiger charge is -2.29. The average Bonchev–Trinajstić information content (AvgIpc) is 3.27. The van der Waals surface area contributed by atoms with Crippen LogP contribution in [0, 0.1) is 0 Å². The summed E-state index contributed by atoms with van der Waals surface area (Å²) in [6.45, 7) is 7.08. The fraction of sp³-hybridized carbons (Fsp3) is 0.542. The largest absolute Gasteiger partial charge is 0.359 e. The van der Waals surface area contributed by atoms with Crippen molar-refractivity contribution in [2.24, 2.45) is 4.99 Å². The first kappa shape index (κ1) is 22.8. The fourth-order valence-corrected chi connectivity index (χ4v) is 4.02. The van der Waals surface area contributed by atoms with Crippen LogP contribution in [0.5, 0.6) is 0 Å². The molecule has 1 aliphatic heterocycles. The third kappa shape index (κ3) is 6.32. The Morgan fingerprint density at radius 1 is 1.23 bits per heavy atom. The van der Waals surface area contributed by atoms with Gasteiger partial charge in [-0.05, 0) is 36.8 Å². The van der Waals surface area contributed by atoms with Crippen molar-refractivity contribution >= 4 is 11.9 Å². The second-order valence-corrected chi connectivity index (χ2v) is 8.02. The molecule has 168 valence electrons. The monoisotopic (exact) mass is 425 g/mol. The van der Waals surface area contributed by atoms with E-state index in [4.69, 9.17) is 4.52 Å². The van der Waals surface area contributed by atoms with Crippen LogP contribution < -0.4 is 10.6 Å². The normalized spacial score (nSPS) is 13.9. The quantitative estimate of drug-likeness (QED) is 0.364. The molecule has 0 radical (unpaired) electrons. The smallest absolute Gasteiger partial charge is 0.222 e. The van der Waals surface area contributed by atoms with Crippen LogP contribution in [0.3, 0.4) is 0 Å². The van der Waals surface area contributed by atoms with E-state index in [9.17, 15) is 4.79 Å². The number of hydrogen-bond acceptors (Lipinski definition) is 4. The molecular weight excluding hydrogens is 390 g/mol. The van der Waals surface area contributed by atoms with Crippen molar-refractivity contribution < 1.29 is 9.32 Å². The molecule has 0 saturated heterocycles. The number of fused-ring (bicyclic) bond motifs is 1. The van der Waals surface area contributed by atoms with Crippen LogP contribution in [0.15, 0.2) is 39.8 Å². The first-order valence-corrected chi connectivity index (χ1v) is 11.4. The van der Waals surface area contributed by atoms with Crippen LogP contribution in [0.1, 0.15) is 68.0 Å². The van der Waals surface area contributed by atoms with E-state index in [1.54, 1.807) is 7.05 Å². The predicted octanol–water partition coefficient (Wildman–Crippen LogP) is 3.61. The summed E-state index contributed by atoms with van der Waals surface area (Å²) in [6, 6.07) is 10.4. The molecule has 0 saturated carbocycles. The lowest BCUT2D eigenvalue weighted by atomic mass is 9.99. The van der Waals surface area contributed by atoms with Crippen LogP contribution in [-0.2, 0) is 24.3 Å². The van der Waals surface area contributed by atoms with E-state index in [0.29, 0.717) is 31.4 Å². The highest BCUT2D eigenvalue weighted by Crippen LogP contribution is 2.22. The number of nitrogens with zero attached hydrogens (tertiary/aromatic N) is 3. The Labute approximate surface area is 185 Å². The molecule has 2 N–H and O–H groups in total. The molecule has 0 fully saturated rings. The van der Waals surface area contributed by atoms with Gasteiger partial charge < -0.3 is 20.1 Å². The molecule has 7 nitrogen and oxygen atoms in total. The van der Waals surface area contributed by atoms with Crippen LogP contribution in [-0.4, -0.2) is 42.1 Å². The summed E-state index contributed by atoms with van der Waals surface area (Å²) >= 11 is 0. The highest BCUT2D eigenvalue weighted by Gasteiger charge is 2.19. The second-order valence-electron chi connectivity index (χ2n) is 8.02. The molecule has 1 aliphatic rings. The molecule has 2 aromatic rings. The second kappa shape index (κ2) is 11.5. The van der Waals surface area contributed by atoms with Gasteiger partial charge in [0, 0.05) is 45.1 Å². The number of carbonyl (C=O) groups excluding carboxylic acids is 1. The Hall–Kier alpha value is -2.83. The Kier molecular flexibility index (Phi) is 8.50. The number of carbonyl (C=O) groups is 1. The molecule has 0 unspecified atom stereocenters. The lowest BCUT2D eigenvalue weighted by Crippen LogP contribution is -2.38. The topological polar surface area (TPSA) is 82.8 Å². The first-order chi connectivity index (χ1) is 15.1. The number of aliphatic imine (C=N–C) groups is 1. The Bertz CT molecular complexity index is 872. The average molecular weight is 426 g/mol. The highest BCUT2D eigenvalue weighted by atomic mass is 16.5. The number of rotatable bonds is 9. The van der Waals surface area contributed by atoms with Gasteiger partial charge in [-0.15, -0.1) is 0 Å². The van der Waals surface area contributed by atoms with Gasteiger partial charge in [0.2, 0.25) is 5.91 Å². The van der Waals surface area contributed by atoms with Crippen LogP contribution >= 0.6 is 0 Å². The van der Waals surface area contributed by atoms with E-state index in [0.717, 1.165) is 50.2 Å². The number of amides is 1. The molecule has 0 bridgehead atoms. The third-order valence-corrected chi connectivity index (χ3v) is 5.98. The zero-order valence-electron chi connectivity index (χ0n) is 19.0. The van der Waals surface area contributed by atoms with E-state index in [2.05, 4.69) is 52.8 Å². The number of hydrogen-bond donors (Lipinski definition) is 2. The molecule has 0 spiro atoms. The number of benzene rings is 1. The molecule has 0 atom stereocenters. The molecule has 31 heavy (non-hydrogen) atoms. The predicted molar refractivity (Wildman–Crippen MR) is 123 cm³/mol. The van der Waals surface area contributed by atoms with E-state index in [1.165, 1.54) is 11.1 Å². The summed E-state index contributed by atoms with van der Waals surface area (Å²) in [4.78, 5) is 18.8. The molecule has 1 aromatic heterocycles. The molecule has 3 rings (SSSR count). The van der Waals surface area contributed by atoms with Gasteiger partial charge in [-0.25, -0.2) is 0 Å². The van der Waals surface area contributed by atoms with Crippen LogP contribution in [0.25, 0.3) is 0 Å². The summed E-state index contributed by atoms with van der Waals surface area (Å²) in [5.74, 6) is 2.15. The van der Waals surface area contributed by atoms with Gasteiger partial charge in [0.15, 0.2) is 11.7 Å². The van der Waals surface area contributed by atoms with Crippen LogP contribution in [0.4, 0.5) is 0 Å². The summed E-state index contributed by atoms with van der Waals surface area (Å²) < 4.78 is 5.45. The van der Waals surface area contributed by atoms with Gasteiger partial charge >= 0.3 is 0 Å². The van der Waals surface area contributed by atoms with Crippen molar-refractivity contribution in [2.45, 2.75) is 65.0 Å². The van der Waals surface area contributed by atoms with Crippen LogP contribution in [0.2, 0.25) is 0 Å². The van der Waals surface area contributed by atoms with Gasteiger partial charge in [0.25, 0.3) is 0 Å². The summed E-state index contributed by atoms with van der Waals surface area (Å²) in [6.07, 6.45) is 4.35. The Balaban J connectivity index is 1.36. The van der Waals surface area contributed by atoms with E-state index < -0.39 is 0 Å². The molecular formula is C24H35N5O2. The van der Waals surface area contributed by atoms with Gasteiger partial charge in [0.1, 0.15) is 0 Å². The SMILES string of the molecule is CCC(CC)c1cc(CNC(=NC)NCCCC(=O)N2CCc3ccccc3C2)on1. The molecule has 7 heteroatoms. The number of guanidine groups is 1. The van der Waals surface area contributed by atoms with E-state index >= 15 is 0 Å². The third-order valence-electron chi connectivity index (χ3n) is 5.98. The van der Waals surface area contributed by atoms with Gasteiger partial charge in [0.05, 0.1) is 12.2 Å². The maximum absolute atomic E-state index is 12.6. The summed E-state index contributed by atoms with van der Waals surface area (Å²) in [5, 5.41) is 10.7. The molecule has 2 heterocycles. The van der Waals surface area contributed by atoms with Crippen molar-refractivity contribution in [3.63, 3.8) is 0 Å². The zero-order valence-corrected chi connectivity index (χ0v) is 19.0. The van der Waals surface area contributed by atoms with Gasteiger partial charge in [-0.3, -0.25) is 9.79 Å². The lowest BCUT2D eigenvalue weighted by molar-refractivity contribution is -0.132. The number of aromatic nitrogens is 1. The molecule has 1 amide bonds. The van der Waals surface area contributed by atoms with Crippen molar-refractivity contribution in [3.05, 3.63) is 52.9 Å². The number of nitrogens with one attached hydrogen (secondary N) is 2. The maximum atomic E-state index is 12.6. The first-order valence-electron chi connectivity index (χ1n) is 11.4. The summed E-state index contributed by atoms with van der Waals surface area (Å²) in [5.41, 5.74) is 3.65. The standard InChI is InChI=1S/C24H35N5O2/c1-4-18(5-2)22-15-21(31-28-22)16-27-24(25-3)26-13-8-11-23(30)29-14-12-19-9-6-7-10-20(19)17-29/h6-7,9-10,15,18H,4-5,8,11-14,16-17H2,1-3H3,(H2,25,26,27). The van der Waals surface area contributed by atoms with Crippen molar-refractivity contribution in [2.75, 3.05) is 20.1 Å². The maximum Gasteiger partial charge on any atom is 0.222 e. The minimum absolute atomic E-state index is 0.217.